The molecule has 0 saturated heterocycles. The van der Waals surface area contributed by atoms with Gasteiger partial charge in [0.15, 0.2) is 16.7 Å². The summed E-state index contributed by atoms with van der Waals surface area (Å²) in [5.41, 5.74) is -0.0974. The maximum Gasteiger partial charge on any atom is 0.416 e. The lowest BCUT2D eigenvalue weighted by Crippen LogP contribution is -2.20. The van der Waals surface area contributed by atoms with Gasteiger partial charge in [-0.05, 0) is 42.8 Å². The quantitative estimate of drug-likeness (QED) is 0.332. The molecule has 10 heteroatoms. The summed E-state index contributed by atoms with van der Waals surface area (Å²) in [7, 11) is 0. The van der Waals surface area contributed by atoms with E-state index < -0.39 is 22.9 Å². The van der Waals surface area contributed by atoms with Crippen molar-refractivity contribution in [1.29, 1.82) is 0 Å². The standard InChI is InChI=1S/C23H19F3N4O2S/c1-2-30-20(18-12-7-13-32-18)28-29-22(30)33-19(15-8-4-3-5-9-15)21(31)27-17-11-6-10-16(14-17)23(24,25)26/h3-14,19H,2H2,1H3,(H,27,31). The molecule has 0 spiro atoms. The van der Waals surface area contributed by atoms with Crippen LogP contribution in [0.1, 0.15) is 23.3 Å². The SMILES string of the molecule is CCn1c(SC(C(=O)Nc2cccc(C(F)(F)F)c2)c2ccccc2)nnc1-c1ccco1. The van der Waals surface area contributed by atoms with Gasteiger partial charge in [-0.25, -0.2) is 0 Å². The Labute approximate surface area is 191 Å². The topological polar surface area (TPSA) is 73.0 Å². The Morgan fingerprint density at radius 2 is 1.88 bits per heavy atom. The zero-order valence-corrected chi connectivity index (χ0v) is 18.2. The van der Waals surface area contributed by atoms with E-state index >= 15 is 0 Å². The van der Waals surface area contributed by atoms with Crippen LogP contribution in [0.25, 0.3) is 11.6 Å². The number of furan rings is 1. The number of rotatable bonds is 7. The lowest BCUT2D eigenvalue weighted by atomic mass is 10.1. The lowest BCUT2D eigenvalue weighted by molar-refractivity contribution is -0.137. The number of anilines is 1. The highest BCUT2D eigenvalue weighted by molar-refractivity contribution is 8.00. The molecule has 0 fully saturated rings. The second-order valence-electron chi connectivity index (χ2n) is 7.00. The fourth-order valence-corrected chi connectivity index (χ4v) is 4.34. The van der Waals surface area contributed by atoms with E-state index in [-0.39, 0.29) is 5.69 Å². The number of carbonyl (C=O) groups excluding carboxylic acids is 1. The molecule has 6 nitrogen and oxygen atoms in total. The highest BCUT2D eigenvalue weighted by Crippen LogP contribution is 2.37. The molecule has 4 rings (SSSR count). The summed E-state index contributed by atoms with van der Waals surface area (Å²) < 4.78 is 46.5. The average Bonchev–Trinajstić information content (AvgIpc) is 3.47. The Kier molecular flexibility index (Phi) is 6.55. The number of nitrogens with one attached hydrogen (secondary N) is 1. The smallest absolute Gasteiger partial charge is 0.416 e. The second kappa shape index (κ2) is 9.53. The molecule has 2 heterocycles. The van der Waals surface area contributed by atoms with Crippen molar-refractivity contribution in [2.24, 2.45) is 0 Å². The summed E-state index contributed by atoms with van der Waals surface area (Å²) in [6, 6.07) is 17.0. The van der Waals surface area contributed by atoms with Crippen molar-refractivity contribution in [2.45, 2.75) is 30.1 Å². The third-order valence-electron chi connectivity index (χ3n) is 4.80. The molecule has 0 aliphatic heterocycles. The first kappa shape index (κ1) is 22.7. The number of hydrogen-bond acceptors (Lipinski definition) is 5. The van der Waals surface area contributed by atoms with Gasteiger partial charge in [-0.1, -0.05) is 48.2 Å². The first-order valence-electron chi connectivity index (χ1n) is 10.0. The summed E-state index contributed by atoms with van der Waals surface area (Å²) in [6.45, 7) is 2.45. The van der Waals surface area contributed by atoms with Gasteiger partial charge in [0.1, 0.15) is 5.25 Å². The monoisotopic (exact) mass is 472 g/mol. The van der Waals surface area contributed by atoms with Crippen LogP contribution in [0.2, 0.25) is 0 Å². The summed E-state index contributed by atoms with van der Waals surface area (Å²) in [5.74, 6) is 0.590. The highest BCUT2D eigenvalue weighted by Gasteiger charge is 2.31. The van der Waals surface area contributed by atoms with Crippen molar-refractivity contribution in [3.05, 3.63) is 84.1 Å². The Morgan fingerprint density at radius 1 is 1.09 bits per heavy atom. The number of thioether (sulfide) groups is 1. The van der Waals surface area contributed by atoms with E-state index in [9.17, 15) is 18.0 Å². The minimum absolute atomic E-state index is 0.0598. The van der Waals surface area contributed by atoms with Gasteiger partial charge in [-0.15, -0.1) is 10.2 Å². The van der Waals surface area contributed by atoms with Gasteiger partial charge >= 0.3 is 6.18 Å². The molecule has 0 aliphatic carbocycles. The molecule has 0 saturated carbocycles. The molecule has 0 aliphatic rings. The van der Waals surface area contributed by atoms with Crippen LogP contribution >= 0.6 is 11.8 Å². The van der Waals surface area contributed by atoms with E-state index in [1.165, 1.54) is 18.4 Å². The van der Waals surface area contributed by atoms with E-state index in [0.29, 0.717) is 28.8 Å². The molecule has 170 valence electrons. The van der Waals surface area contributed by atoms with E-state index in [0.717, 1.165) is 23.9 Å². The average molecular weight is 472 g/mol. The fraction of sp³-hybridized carbons (Fsp3) is 0.174. The molecule has 1 amide bonds. The van der Waals surface area contributed by atoms with E-state index in [2.05, 4.69) is 15.5 Å². The van der Waals surface area contributed by atoms with Crippen LogP contribution in [0.5, 0.6) is 0 Å². The number of carbonyl (C=O) groups is 1. The van der Waals surface area contributed by atoms with Crippen LogP contribution in [0.15, 0.2) is 82.6 Å². The van der Waals surface area contributed by atoms with Crippen molar-refractivity contribution in [3.8, 4) is 11.6 Å². The van der Waals surface area contributed by atoms with E-state index in [4.69, 9.17) is 4.42 Å². The van der Waals surface area contributed by atoms with Gasteiger partial charge in [0.2, 0.25) is 5.91 Å². The second-order valence-corrected chi connectivity index (χ2v) is 8.08. The predicted octanol–water partition coefficient (Wildman–Crippen LogP) is 6.05. The third kappa shape index (κ3) is 5.11. The van der Waals surface area contributed by atoms with Crippen molar-refractivity contribution in [1.82, 2.24) is 14.8 Å². The van der Waals surface area contributed by atoms with Crippen LogP contribution in [-0.4, -0.2) is 20.7 Å². The van der Waals surface area contributed by atoms with Crippen LogP contribution in [-0.2, 0) is 17.5 Å². The number of hydrogen-bond donors (Lipinski definition) is 1. The normalized spacial score (nSPS) is 12.5. The maximum absolute atomic E-state index is 13.2. The Morgan fingerprint density at radius 3 is 2.55 bits per heavy atom. The van der Waals surface area contributed by atoms with Crippen LogP contribution in [0.4, 0.5) is 18.9 Å². The highest BCUT2D eigenvalue weighted by atomic mass is 32.2. The molecule has 2 aromatic carbocycles. The molecular formula is C23H19F3N4O2S. The van der Waals surface area contributed by atoms with Gasteiger partial charge in [-0.3, -0.25) is 9.36 Å². The third-order valence-corrected chi connectivity index (χ3v) is 6.03. The molecular weight excluding hydrogens is 453 g/mol. The summed E-state index contributed by atoms with van der Waals surface area (Å²) >= 11 is 1.16. The molecule has 1 atom stereocenters. The van der Waals surface area contributed by atoms with Crippen LogP contribution in [0, 0.1) is 0 Å². The van der Waals surface area contributed by atoms with Crippen LogP contribution in [0.3, 0.4) is 0 Å². The van der Waals surface area contributed by atoms with Gasteiger partial charge in [0.05, 0.1) is 11.8 Å². The Bertz CT molecular complexity index is 1220. The first-order valence-corrected chi connectivity index (χ1v) is 10.9. The molecule has 0 bridgehead atoms. The van der Waals surface area contributed by atoms with E-state index in [1.807, 2.05) is 17.6 Å². The molecule has 1 unspecified atom stereocenters. The molecule has 2 aromatic heterocycles. The number of nitrogens with zero attached hydrogens (tertiary/aromatic N) is 3. The zero-order valence-electron chi connectivity index (χ0n) is 17.4. The lowest BCUT2D eigenvalue weighted by Gasteiger charge is -2.17. The van der Waals surface area contributed by atoms with Gasteiger partial charge in [0.25, 0.3) is 0 Å². The van der Waals surface area contributed by atoms with Crippen molar-refractivity contribution >= 4 is 23.4 Å². The largest absolute Gasteiger partial charge is 0.461 e. The Hall–Kier alpha value is -3.53. The minimum Gasteiger partial charge on any atom is -0.461 e. The number of alkyl halides is 3. The Balaban J connectivity index is 1.64. The van der Waals surface area contributed by atoms with Crippen molar-refractivity contribution in [3.63, 3.8) is 0 Å². The molecule has 4 aromatic rings. The number of halogens is 3. The zero-order chi connectivity index (χ0) is 23.4. The molecule has 1 N–H and O–H groups in total. The molecule has 33 heavy (non-hydrogen) atoms. The summed E-state index contributed by atoms with van der Waals surface area (Å²) in [6.07, 6.45) is -2.97. The summed E-state index contributed by atoms with van der Waals surface area (Å²) in [5, 5.41) is 10.7. The number of benzene rings is 2. The maximum atomic E-state index is 13.2. The van der Waals surface area contributed by atoms with E-state index in [1.54, 1.807) is 36.4 Å². The fourth-order valence-electron chi connectivity index (χ4n) is 3.24. The molecule has 0 radical (unpaired) electrons. The number of amides is 1. The summed E-state index contributed by atoms with van der Waals surface area (Å²) in [4.78, 5) is 13.2. The first-order chi connectivity index (χ1) is 15.9. The van der Waals surface area contributed by atoms with Crippen molar-refractivity contribution < 1.29 is 22.4 Å². The van der Waals surface area contributed by atoms with Crippen LogP contribution < -0.4 is 5.32 Å². The van der Waals surface area contributed by atoms with Gasteiger partial charge in [0, 0.05) is 12.2 Å². The van der Waals surface area contributed by atoms with Gasteiger partial charge in [-0.2, -0.15) is 13.2 Å². The number of aromatic nitrogens is 3. The van der Waals surface area contributed by atoms with Gasteiger partial charge < -0.3 is 9.73 Å². The van der Waals surface area contributed by atoms with Crippen molar-refractivity contribution in [2.75, 3.05) is 5.32 Å². The minimum atomic E-state index is -4.51. The predicted molar refractivity (Wildman–Crippen MR) is 119 cm³/mol.